The van der Waals surface area contributed by atoms with E-state index in [1.807, 2.05) is 17.0 Å². The lowest BCUT2D eigenvalue weighted by atomic mass is 10.3. The Balaban J connectivity index is 2.87. The molecular weight excluding hydrogens is 296 g/mol. The fourth-order valence-electron chi connectivity index (χ4n) is 2.04. The van der Waals surface area contributed by atoms with E-state index in [2.05, 4.69) is 20.8 Å². The molecule has 1 aliphatic rings. The highest BCUT2D eigenvalue weighted by Gasteiger charge is 2.27. The highest BCUT2D eigenvalue weighted by Crippen LogP contribution is 2.22. The second-order valence-electron chi connectivity index (χ2n) is 4.02. The summed E-state index contributed by atoms with van der Waals surface area (Å²) >= 11 is 3.39. The van der Waals surface area contributed by atoms with Crippen molar-refractivity contribution in [1.29, 1.82) is 10.5 Å². The van der Waals surface area contributed by atoms with E-state index in [-0.39, 0.29) is 12.2 Å². The van der Waals surface area contributed by atoms with Crippen LogP contribution in [0.1, 0.15) is 12.8 Å². The lowest BCUT2D eigenvalue weighted by molar-refractivity contribution is 0.255. The summed E-state index contributed by atoms with van der Waals surface area (Å²) in [6.07, 6.45) is 1.63. The molecule has 1 heterocycles. The van der Waals surface area contributed by atoms with Crippen LogP contribution in [0.15, 0.2) is 11.4 Å². The highest BCUT2D eigenvalue weighted by molar-refractivity contribution is 9.09. The zero-order valence-electron chi connectivity index (χ0n) is 10.3. The molecule has 1 saturated heterocycles. The third kappa shape index (κ3) is 3.63. The van der Waals surface area contributed by atoms with E-state index in [0.29, 0.717) is 13.0 Å². The van der Waals surface area contributed by atoms with Crippen molar-refractivity contribution in [2.45, 2.75) is 12.8 Å². The number of hydrogen-bond acceptors (Lipinski definition) is 5. The molecule has 98 valence electrons. The summed E-state index contributed by atoms with van der Waals surface area (Å²) in [7, 11) is 0. The van der Waals surface area contributed by atoms with Gasteiger partial charge in [-0.1, -0.05) is 15.9 Å². The summed E-state index contributed by atoms with van der Waals surface area (Å²) in [5.41, 5.74) is 0.167. The quantitative estimate of drug-likeness (QED) is 0.585. The first-order valence-electron chi connectivity index (χ1n) is 5.99. The van der Waals surface area contributed by atoms with Crippen LogP contribution in [0.4, 0.5) is 0 Å². The predicted octanol–water partition coefficient (Wildman–Crippen LogP) is 1.03. The number of rotatable bonds is 6. The van der Waals surface area contributed by atoms with Gasteiger partial charge >= 0.3 is 0 Å². The third-order valence-electron chi connectivity index (χ3n) is 2.83. The van der Waals surface area contributed by atoms with Crippen LogP contribution in [-0.4, -0.2) is 53.0 Å². The molecule has 0 aromatic heterocycles. The van der Waals surface area contributed by atoms with E-state index in [0.717, 1.165) is 37.2 Å². The van der Waals surface area contributed by atoms with Crippen LogP contribution in [0.5, 0.6) is 0 Å². The Morgan fingerprint density at radius 2 is 1.72 bits per heavy atom. The molecule has 0 aromatic carbocycles. The van der Waals surface area contributed by atoms with Crippen LogP contribution >= 0.6 is 15.9 Å². The first-order valence-corrected chi connectivity index (χ1v) is 7.11. The van der Waals surface area contributed by atoms with E-state index in [9.17, 15) is 0 Å². The largest absolute Gasteiger partial charge is 0.396 e. The summed E-state index contributed by atoms with van der Waals surface area (Å²) in [6.45, 7) is 3.29. The van der Waals surface area contributed by atoms with Gasteiger partial charge < -0.3 is 14.9 Å². The van der Waals surface area contributed by atoms with Crippen LogP contribution in [0.25, 0.3) is 0 Å². The number of hydrogen-bond donors (Lipinski definition) is 1. The Labute approximate surface area is 116 Å². The molecule has 0 unspecified atom stereocenters. The Morgan fingerprint density at radius 3 is 2.17 bits per heavy atom. The lowest BCUT2D eigenvalue weighted by Crippen LogP contribution is -2.27. The van der Waals surface area contributed by atoms with Crippen LogP contribution < -0.4 is 0 Å². The standard InChI is InChI=1S/C12H17BrN4O/c13-3-1-4-16-6-7-17(5-2-8-18)12(16)11(9-14)10-15/h18H,1-8H2. The summed E-state index contributed by atoms with van der Waals surface area (Å²) < 4.78 is 0. The first kappa shape index (κ1) is 14.8. The number of allylic oxidation sites excluding steroid dienone is 1. The Hall–Kier alpha value is -1.24. The number of aliphatic hydroxyl groups excluding tert-OH is 1. The van der Waals surface area contributed by atoms with Crippen LogP contribution in [-0.2, 0) is 0 Å². The molecule has 0 aromatic rings. The van der Waals surface area contributed by atoms with Gasteiger partial charge in [0, 0.05) is 38.1 Å². The molecule has 1 aliphatic heterocycles. The monoisotopic (exact) mass is 312 g/mol. The zero-order valence-corrected chi connectivity index (χ0v) is 11.9. The van der Waals surface area contributed by atoms with E-state index in [4.69, 9.17) is 15.6 Å². The Kier molecular flexibility index (Phi) is 6.56. The van der Waals surface area contributed by atoms with Gasteiger partial charge in [-0.25, -0.2) is 0 Å². The average Bonchev–Trinajstić information content (AvgIpc) is 2.79. The van der Waals surface area contributed by atoms with Crippen molar-refractivity contribution in [2.75, 3.05) is 38.1 Å². The minimum atomic E-state index is 0.125. The lowest BCUT2D eigenvalue weighted by Gasteiger charge is -2.24. The summed E-state index contributed by atoms with van der Waals surface area (Å²) in [5, 5.41) is 27.8. The minimum absolute atomic E-state index is 0.125. The molecule has 0 spiro atoms. The average molecular weight is 313 g/mol. The molecule has 5 nitrogen and oxygen atoms in total. The Bertz CT molecular complexity index is 349. The molecule has 1 fully saturated rings. The SMILES string of the molecule is N#CC(C#N)=C1N(CCCO)CCN1CCCBr. The van der Waals surface area contributed by atoms with E-state index in [1.165, 1.54) is 0 Å². The maximum Gasteiger partial charge on any atom is 0.169 e. The molecule has 6 heteroatoms. The molecule has 0 amide bonds. The van der Waals surface area contributed by atoms with E-state index < -0.39 is 0 Å². The number of nitrogens with zero attached hydrogens (tertiary/aromatic N) is 4. The maximum absolute atomic E-state index is 9.03. The summed E-state index contributed by atoms with van der Waals surface area (Å²) in [5.74, 6) is 0.731. The van der Waals surface area contributed by atoms with Gasteiger partial charge in [0.05, 0.1) is 0 Å². The van der Waals surface area contributed by atoms with Gasteiger partial charge in [-0.15, -0.1) is 0 Å². The third-order valence-corrected chi connectivity index (χ3v) is 3.39. The molecule has 1 rings (SSSR count). The molecule has 18 heavy (non-hydrogen) atoms. The van der Waals surface area contributed by atoms with E-state index in [1.54, 1.807) is 0 Å². The van der Waals surface area contributed by atoms with Gasteiger partial charge in [0.1, 0.15) is 18.0 Å². The molecule has 0 bridgehead atoms. The second kappa shape index (κ2) is 7.97. The van der Waals surface area contributed by atoms with Gasteiger partial charge in [0.15, 0.2) is 5.57 Å². The second-order valence-corrected chi connectivity index (χ2v) is 4.81. The highest BCUT2D eigenvalue weighted by atomic mass is 79.9. The van der Waals surface area contributed by atoms with Gasteiger partial charge in [-0.05, 0) is 12.8 Å². The van der Waals surface area contributed by atoms with Crippen molar-refractivity contribution in [3.63, 3.8) is 0 Å². The number of nitriles is 2. The molecule has 0 radical (unpaired) electrons. The normalized spacial score (nSPS) is 14.6. The van der Waals surface area contributed by atoms with Crippen molar-refractivity contribution in [3.8, 4) is 12.1 Å². The van der Waals surface area contributed by atoms with Crippen LogP contribution in [0.2, 0.25) is 0 Å². The van der Waals surface area contributed by atoms with Crippen molar-refractivity contribution in [3.05, 3.63) is 11.4 Å². The van der Waals surface area contributed by atoms with Crippen LogP contribution in [0, 0.1) is 22.7 Å². The van der Waals surface area contributed by atoms with Crippen LogP contribution in [0.3, 0.4) is 0 Å². The first-order chi connectivity index (χ1) is 8.78. The van der Waals surface area contributed by atoms with Crippen molar-refractivity contribution in [2.24, 2.45) is 0 Å². The summed E-state index contributed by atoms with van der Waals surface area (Å²) in [4.78, 5) is 4.10. The molecule has 0 aliphatic carbocycles. The molecule has 1 N–H and O–H groups in total. The fourth-order valence-corrected chi connectivity index (χ4v) is 2.29. The number of halogens is 1. The smallest absolute Gasteiger partial charge is 0.169 e. The van der Waals surface area contributed by atoms with Gasteiger partial charge in [-0.2, -0.15) is 10.5 Å². The van der Waals surface area contributed by atoms with Gasteiger partial charge in [0.2, 0.25) is 0 Å². The fraction of sp³-hybridized carbons (Fsp3) is 0.667. The maximum atomic E-state index is 9.03. The number of aliphatic hydroxyl groups is 1. The van der Waals surface area contributed by atoms with Gasteiger partial charge in [-0.3, -0.25) is 0 Å². The summed E-state index contributed by atoms with van der Waals surface area (Å²) in [6, 6.07) is 3.93. The zero-order chi connectivity index (χ0) is 13.4. The van der Waals surface area contributed by atoms with Crippen molar-refractivity contribution < 1.29 is 5.11 Å². The topological polar surface area (TPSA) is 74.3 Å². The van der Waals surface area contributed by atoms with E-state index >= 15 is 0 Å². The molecule has 0 saturated carbocycles. The van der Waals surface area contributed by atoms with Crippen molar-refractivity contribution >= 4 is 15.9 Å². The number of alkyl halides is 1. The Morgan fingerprint density at radius 1 is 1.17 bits per heavy atom. The van der Waals surface area contributed by atoms with Gasteiger partial charge in [0.25, 0.3) is 0 Å². The van der Waals surface area contributed by atoms with Crippen molar-refractivity contribution in [1.82, 2.24) is 9.80 Å². The molecular formula is C12H17BrN4O. The predicted molar refractivity (Wildman–Crippen MR) is 71.5 cm³/mol. The molecule has 0 atom stereocenters. The minimum Gasteiger partial charge on any atom is -0.396 e.